The van der Waals surface area contributed by atoms with Crippen molar-refractivity contribution >= 4 is 17.6 Å². The van der Waals surface area contributed by atoms with Crippen LogP contribution in [0.25, 0.3) is 0 Å². The fourth-order valence-corrected chi connectivity index (χ4v) is 4.19. The Morgan fingerprint density at radius 2 is 2.20 bits per heavy atom. The zero-order valence-corrected chi connectivity index (χ0v) is 12.9. The van der Waals surface area contributed by atoms with E-state index in [2.05, 4.69) is 25.8 Å². The Balaban J connectivity index is 1.71. The maximum Gasteiger partial charge on any atom is 0.341 e. The van der Waals surface area contributed by atoms with Crippen molar-refractivity contribution < 1.29 is 9.53 Å². The normalized spacial score (nSPS) is 34.2. The number of halogens is 1. The lowest BCUT2D eigenvalue weighted by Crippen LogP contribution is -2.57. The summed E-state index contributed by atoms with van der Waals surface area (Å²) < 4.78 is 5.70. The number of hydrogen-bond donors (Lipinski definition) is 0. The summed E-state index contributed by atoms with van der Waals surface area (Å²) in [6, 6.07) is 3.36. The molecule has 0 amide bonds. The summed E-state index contributed by atoms with van der Waals surface area (Å²) in [6.45, 7) is 6.86. The average Bonchev–Trinajstić information content (AvgIpc) is 2.40. The Bertz CT molecular complexity index is 543. The van der Waals surface area contributed by atoms with E-state index in [1.54, 1.807) is 18.3 Å². The zero-order chi connectivity index (χ0) is 14.5. The number of nitrogens with zero attached hydrogens (tertiary/aromatic N) is 1. The lowest BCUT2D eigenvalue weighted by molar-refractivity contribution is -0.156. The minimum atomic E-state index is -0.348. The van der Waals surface area contributed by atoms with E-state index in [-0.39, 0.29) is 17.2 Å². The summed E-state index contributed by atoms with van der Waals surface area (Å²) in [7, 11) is 0. The molecule has 0 radical (unpaired) electrons. The quantitative estimate of drug-likeness (QED) is 0.612. The van der Waals surface area contributed by atoms with Crippen molar-refractivity contribution in [1.29, 1.82) is 0 Å². The predicted molar refractivity (Wildman–Crippen MR) is 77.6 cm³/mol. The third-order valence-corrected chi connectivity index (χ3v) is 5.82. The highest BCUT2D eigenvalue weighted by Crippen LogP contribution is 2.61. The smallest absolute Gasteiger partial charge is 0.341 e. The summed E-state index contributed by atoms with van der Waals surface area (Å²) in [4.78, 5) is 16.1. The Kier molecular flexibility index (Phi) is 3.28. The van der Waals surface area contributed by atoms with Gasteiger partial charge in [-0.15, -0.1) is 0 Å². The molecule has 3 nitrogen and oxygen atoms in total. The molecule has 2 bridgehead atoms. The first-order chi connectivity index (χ1) is 9.41. The molecule has 0 spiro atoms. The van der Waals surface area contributed by atoms with Gasteiger partial charge in [0.15, 0.2) is 0 Å². The Hall–Kier alpha value is -1.09. The van der Waals surface area contributed by atoms with Gasteiger partial charge in [0.1, 0.15) is 11.3 Å². The maximum atomic E-state index is 12.2. The number of fused-ring (bicyclic) bond motifs is 2. The molecule has 108 valence electrons. The molecule has 3 fully saturated rings. The molecule has 4 heteroatoms. The number of ether oxygens (including phenoxy) is 1. The lowest BCUT2D eigenvalue weighted by atomic mass is 9.45. The van der Waals surface area contributed by atoms with Crippen LogP contribution in [0.4, 0.5) is 0 Å². The highest BCUT2D eigenvalue weighted by Gasteiger charge is 2.57. The van der Waals surface area contributed by atoms with Crippen molar-refractivity contribution in [2.45, 2.75) is 39.7 Å². The van der Waals surface area contributed by atoms with Crippen molar-refractivity contribution in [3.05, 3.63) is 29.0 Å². The first-order valence-corrected chi connectivity index (χ1v) is 7.60. The molecular formula is C16H20ClNO2. The van der Waals surface area contributed by atoms with E-state index < -0.39 is 0 Å². The van der Waals surface area contributed by atoms with E-state index in [1.165, 1.54) is 6.42 Å². The van der Waals surface area contributed by atoms with Gasteiger partial charge in [-0.2, -0.15) is 0 Å². The summed E-state index contributed by atoms with van der Waals surface area (Å²) in [5.74, 6) is 1.39. The second kappa shape index (κ2) is 4.73. The molecule has 4 atom stereocenters. The van der Waals surface area contributed by atoms with Gasteiger partial charge in [0, 0.05) is 6.20 Å². The highest BCUT2D eigenvalue weighted by molar-refractivity contribution is 6.32. The van der Waals surface area contributed by atoms with Crippen molar-refractivity contribution in [3.8, 4) is 0 Å². The van der Waals surface area contributed by atoms with Gasteiger partial charge in [-0.05, 0) is 48.1 Å². The maximum absolute atomic E-state index is 12.2. The molecule has 0 N–H and O–H groups in total. The Morgan fingerprint density at radius 1 is 1.45 bits per heavy atom. The first-order valence-electron chi connectivity index (χ1n) is 7.22. The number of pyridine rings is 1. The topological polar surface area (TPSA) is 39.2 Å². The number of hydrogen-bond acceptors (Lipinski definition) is 3. The van der Waals surface area contributed by atoms with Crippen molar-refractivity contribution in [1.82, 2.24) is 4.98 Å². The van der Waals surface area contributed by atoms with Crippen LogP contribution in [0.1, 0.15) is 44.0 Å². The summed E-state index contributed by atoms with van der Waals surface area (Å²) >= 11 is 5.94. The molecule has 3 aliphatic carbocycles. The second-order valence-electron chi connectivity index (χ2n) is 6.74. The van der Waals surface area contributed by atoms with Crippen LogP contribution in [0.3, 0.4) is 0 Å². The zero-order valence-electron chi connectivity index (χ0n) is 12.1. The van der Waals surface area contributed by atoms with Gasteiger partial charge in [0.05, 0.1) is 5.56 Å². The molecule has 1 aromatic rings. The molecule has 3 saturated carbocycles. The minimum absolute atomic E-state index is 0.00977. The van der Waals surface area contributed by atoms with Gasteiger partial charge in [-0.3, -0.25) is 0 Å². The van der Waals surface area contributed by atoms with E-state index in [0.717, 1.165) is 6.42 Å². The minimum Gasteiger partial charge on any atom is -0.458 e. The van der Waals surface area contributed by atoms with Gasteiger partial charge in [-0.25, -0.2) is 9.78 Å². The van der Waals surface area contributed by atoms with Crippen LogP contribution in [-0.2, 0) is 4.74 Å². The van der Waals surface area contributed by atoms with Crippen LogP contribution >= 0.6 is 11.6 Å². The summed E-state index contributed by atoms with van der Waals surface area (Å²) in [5, 5.41) is 0.214. The molecule has 0 unspecified atom stereocenters. The van der Waals surface area contributed by atoms with E-state index in [4.69, 9.17) is 16.3 Å². The van der Waals surface area contributed by atoms with Crippen LogP contribution in [0, 0.1) is 23.2 Å². The third kappa shape index (κ3) is 2.03. The molecule has 0 saturated heterocycles. The Morgan fingerprint density at radius 3 is 2.80 bits per heavy atom. The van der Waals surface area contributed by atoms with E-state index >= 15 is 0 Å². The van der Waals surface area contributed by atoms with Crippen molar-refractivity contribution in [2.75, 3.05) is 0 Å². The van der Waals surface area contributed by atoms with Gasteiger partial charge in [0.25, 0.3) is 0 Å². The fraction of sp³-hybridized carbons (Fsp3) is 0.625. The number of carbonyl (C=O) groups excluding carboxylic acids is 1. The van der Waals surface area contributed by atoms with Gasteiger partial charge >= 0.3 is 5.97 Å². The SMILES string of the molecule is C[C@H]1[C@H]2C[C@H](C[C@H]1OC(=O)c1cccnc1Cl)C2(C)C. The monoisotopic (exact) mass is 293 g/mol. The standard InChI is InChI=1S/C16H20ClNO2/c1-9-12-7-10(16(12,2)3)8-13(9)20-15(19)11-5-4-6-18-14(11)17/h4-6,9-10,12-13H,7-8H2,1-3H3/t9-,10+,12+,13+/m0/s1. The van der Waals surface area contributed by atoms with Gasteiger partial charge < -0.3 is 4.74 Å². The third-order valence-electron chi connectivity index (χ3n) is 5.52. The van der Waals surface area contributed by atoms with Crippen LogP contribution in [0.2, 0.25) is 5.15 Å². The van der Waals surface area contributed by atoms with Gasteiger partial charge in [-0.1, -0.05) is 32.4 Å². The predicted octanol–water partition coefficient (Wildman–Crippen LogP) is 3.96. The molecule has 3 aliphatic rings. The van der Waals surface area contributed by atoms with E-state index in [9.17, 15) is 4.79 Å². The highest BCUT2D eigenvalue weighted by atomic mass is 35.5. The largest absolute Gasteiger partial charge is 0.458 e. The molecule has 0 aliphatic heterocycles. The van der Waals surface area contributed by atoms with Crippen molar-refractivity contribution in [3.63, 3.8) is 0 Å². The number of carbonyl (C=O) groups is 1. The molecular weight excluding hydrogens is 274 g/mol. The first kappa shape index (κ1) is 13.9. The number of aromatic nitrogens is 1. The fourth-order valence-electron chi connectivity index (χ4n) is 4.00. The van der Waals surface area contributed by atoms with Crippen LogP contribution in [-0.4, -0.2) is 17.1 Å². The number of rotatable bonds is 2. The van der Waals surface area contributed by atoms with Crippen molar-refractivity contribution in [2.24, 2.45) is 23.2 Å². The Labute approximate surface area is 124 Å². The molecule has 1 heterocycles. The van der Waals surface area contributed by atoms with Crippen LogP contribution in [0.5, 0.6) is 0 Å². The molecule has 1 aromatic heterocycles. The lowest BCUT2D eigenvalue weighted by Gasteiger charge is -2.61. The summed E-state index contributed by atoms with van der Waals surface area (Å²) in [5.41, 5.74) is 0.758. The summed E-state index contributed by atoms with van der Waals surface area (Å²) in [6.07, 6.45) is 3.82. The van der Waals surface area contributed by atoms with Crippen LogP contribution < -0.4 is 0 Å². The second-order valence-corrected chi connectivity index (χ2v) is 7.10. The average molecular weight is 294 g/mol. The molecule has 4 rings (SSSR count). The van der Waals surface area contributed by atoms with Crippen LogP contribution in [0.15, 0.2) is 18.3 Å². The molecule has 20 heavy (non-hydrogen) atoms. The number of esters is 1. The van der Waals surface area contributed by atoms with Gasteiger partial charge in [0.2, 0.25) is 0 Å². The van der Waals surface area contributed by atoms with E-state index in [0.29, 0.717) is 28.7 Å². The van der Waals surface area contributed by atoms with E-state index in [1.807, 2.05) is 0 Å². The molecule has 0 aromatic carbocycles.